The van der Waals surface area contributed by atoms with Gasteiger partial charge in [0.25, 0.3) is 0 Å². The molecule has 0 aliphatic carbocycles. The zero-order valence-electron chi connectivity index (χ0n) is 8.78. The van der Waals surface area contributed by atoms with Crippen molar-refractivity contribution in [2.75, 3.05) is 11.5 Å². The van der Waals surface area contributed by atoms with Crippen LogP contribution in [-0.4, -0.2) is 25.5 Å². The van der Waals surface area contributed by atoms with E-state index in [4.69, 9.17) is 5.73 Å². The summed E-state index contributed by atoms with van der Waals surface area (Å²) in [4.78, 5) is 8.27. The van der Waals surface area contributed by atoms with Crippen LogP contribution < -0.4 is 5.73 Å². The predicted molar refractivity (Wildman–Crippen MR) is 64.0 cm³/mol. The van der Waals surface area contributed by atoms with Crippen molar-refractivity contribution in [3.8, 4) is 0 Å². The number of nitrogens with zero attached hydrogens (tertiary/aromatic N) is 4. The summed E-state index contributed by atoms with van der Waals surface area (Å²) in [5.41, 5.74) is 5.52. The molecule has 0 radical (unpaired) electrons. The molecule has 0 aliphatic heterocycles. The quantitative estimate of drug-likeness (QED) is 0.482. The predicted octanol–water partition coefficient (Wildman–Crippen LogP) is 1.44. The minimum atomic E-state index is 0.569. The highest BCUT2D eigenvalue weighted by molar-refractivity contribution is 7.99. The number of aryl methyl sites for hydroxylation is 1. The average molecular weight is 235 g/mol. The molecule has 84 valence electrons. The number of thioether (sulfide) groups is 1. The number of nitrogen functional groups attached to an aromatic ring is 1. The van der Waals surface area contributed by atoms with Crippen molar-refractivity contribution >= 4 is 17.6 Å². The Balaban J connectivity index is 1.69. The second kappa shape index (κ2) is 5.50. The minimum Gasteiger partial charge on any atom is -0.382 e. The SMILES string of the molecule is Nc1ccn(CCCSc2ncccn2)n1. The highest BCUT2D eigenvalue weighted by Gasteiger charge is 1.97. The van der Waals surface area contributed by atoms with Crippen LogP contribution in [0.3, 0.4) is 0 Å². The first-order valence-corrected chi connectivity index (χ1v) is 6.02. The maximum Gasteiger partial charge on any atom is 0.187 e. The van der Waals surface area contributed by atoms with Gasteiger partial charge in [-0.25, -0.2) is 9.97 Å². The maximum absolute atomic E-state index is 5.52. The summed E-state index contributed by atoms with van der Waals surface area (Å²) in [5, 5.41) is 4.93. The van der Waals surface area contributed by atoms with Crippen LogP contribution in [0.2, 0.25) is 0 Å². The van der Waals surface area contributed by atoms with Crippen molar-refractivity contribution in [2.24, 2.45) is 0 Å². The minimum absolute atomic E-state index is 0.569. The van der Waals surface area contributed by atoms with Crippen molar-refractivity contribution in [1.29, 1.82) is 0 Å². The molecule has 2 aromatic rings. The van der Waals surface area contributed by atoms with Crippen LogP contribution in [0.5, 0.6) is 0 Å². The summed E-state index contributed by atoms with van der Waals surface area (Å²) >= 11 is 1.65. The zero-order valence-corrected chi connectivity index (χ0v) is 9.60. The van der Waals surface area contributed by atoms with E-state index in [0.717, 1.165) is 23.9 Å². The van der Waals surface area contributed by atoms with Gasteiger partial charge in [-0.1, -0.05) is 11.8 Å². The van der Waals surface area contributed by atoms with Gasteiger partial charge in [-0.3, -0.25) is 4.68 Å². The van der Waals surface area contributed by atoms with Gasteiger partial charge in [-0.2, -0.15) is 5.10 Å². The molecule has 2 N–H and O–H groups in total. The van der Waals surface area contributed by atoms with Crippen LogP contribution in [0.15, 0.2) is 35.9 Å². The van der Waals surface area contributed by atoms with E-state index in [1.165, 1.54) is 0 Å². The molecule has 16 heavy (non-hydrogen) atoms. The largest absolute Gasteiger partial charge is 0.382 e. The average Bonchev–Trinajstić information content (AvgIpc) is 2.72. The van der Waals surface area contributed by atoms with E-state index in [2.05, 4.69) is 15.1 Å². The molecule has 2 heterocycles. The Morgan fingerprint density at radius 1 is 1.31 bits per heavy atom. The summed E-state index contributed by atoms with van der Waals surface area (Å²) in [6.07, 6.45) is 6.41. The lowest BCUT2D eigenvalue weighted by molar-refractivity contribution is 0.608. The zero-order chi connectivity index (χ0) is 11.2. The van der Waals surface area contributed by atoms with Crippen molar-refractivity contribution in [2.45, 2.75) is 18.1 Å². The molecular formula is C10H13N5S. The van der Waals surface area contributed by atoms with Crippen LogP contribution >= 0.6 is 11.8 Å². The fourth-order valence-electron chi connectivity index (χ4n) is 1.25. The number of hydrogen-bond donors (Lipinski definition) is 1. The Bertz CT molecular complexity index is 428. The van der Waals surface area contributed by atoms with Gasteiger partial charge in [-0.15, -0.1) is 0 Å². The molecule has 6 heteroatoms. The number of nitrogens with two attached hydrogens (primary N) is 1. The summed E-state index contributed by atoms with van der Waals surface area (Å²) in [6, 6.07) is 3.62. The van der Waals surface area contributed by atoms with Crippen LogP contribution in [-0.2, 0) is 6.54 Å². The highest BCUT2D eigenvalue weighted by atomic mass is 32.2. The smallest absolute Gasteiger partial charge is 0.187 e. The van der Waals surface area contributed by atoms with Gasteiger partial charge in [-0.05, 0) is 18.6 Å². The fourth-order valence-corrected chi connectivity index (χ4v) is 1.98. The number of rotatable bonds is 5. The third-order valence-electron chi connectivity index (χ3n) is 1.97. The maximum atomic E-state index is 5.52. The van der Waals surface area contributed by atoms with Gasteiger partial charge in [0.05, 0.1) is 0 Å². The van der Waals surface area contributed by atoms with Crippen molar-refractivity contribution in [1.82, 2.24) is 19.7 Å². The van der Waals surface area contributed by atoms with Gasteiger partial charge in [0.2, 0.25) is 0 Å². The third-order valence-corrected chi connectivity index (χ3v) is 2.93. The lowest BCUT2D eigenvalue weighted by Crippen LogP contribution is -2.00. The first kappa shape index (κ1) is 10.9. The fraction of sp³-hybridized carbons (Fsp3) is 0.300. The normalized spacial score (nSPS) is 10.5. The third kappa shape index (κ3) is 3.23. The van der Waals surface area contributed by atoms with E-state index < -0.39 is 0 Å². The molecule has 5 nitrogen and oxygen atoms in total. The van der Waals surface area contributed by atoms with Gasteiger partial charge >= 0.3 is 0 Å². The van der Waals surface area contributed by atoms with E-state index in [0.29, 0.717) is 5.82 Å². The van der Waals surface area contributed by atoms with Gasteiger partial charge < -0.3 is 5.73 Å². The van der Waals surface area contributed by atoms with E-state index in [-0.39, 0.29) is 0 Å². The number of anilines is 1. The molecule has 0 saturated heterocycles. The number of aromatic nitrogens is 4. The molecule has 2 aromatic heterocycles. The van der Waals surface area contributed by atoms with E-state index in [9.17, 15) is 0 Å². The van der Waals surface area contributed by atoms with Crippen LogP contribution in [0.25, 0.3) is 0 Å². The summed E-state index contributed by atoms with van der Waals surface area (Å²) in [5.74, 6) is 1.54. The molecule has 0 bridgehead atoms. The summed E-state index contributed by atoms with van der Waals surface area (Å²) < 4.78 is 1.85. The Kier molecular flexibility index (Phi) is 3.76. The Hall–Kier alpha value is -1.56. The van der Waals surface area contributed by atoms with Crippen LogP contribution in [0, 0.1) is 0 Å². The van der Waals surface area contributed by atoms with Crippen LogP contribution in [0.1, 0.15) is 6.42 Å². The molecule has 0 aliphatic rings. The lowest BCUT2D eigenvalue weighted by atomic mass is 10.5. The van der Waals surface area contributed by atoms with Gasteiger partial charge in [0, 0.05) is 30.9 Å². The van der Waals surface area contributed by atoms with Crippen molar-refractivity contribution in [3.05, 3.63) is 30.7 Å². The van der Waals surface area contributed by atoms with Gasteiger partial charge in [0.15, 0.2) is 5.16 Å². The Labute approximate surface area is 98.1 Å². The molecule has 2 rings (SSSR count). The molecule has 0 unspecified atom stereocenters. The second-order valence-electron chi connectivity index (χ2n) is 3.24. The molecule has 0 fully saturated rings. The summed E-state index contributed by atoms with van der Waals surface area (Å²) in [7, 11) is 0. The van der Waals surface area contributed by atoms with Gasteiger partial charge in [0.1, 0.15) is 5.82 Å². The Morgan fingerprint density at radius 3 is 2.81 bits per heavy atom. The first-order valence-electron chi connectivity index (χ1n) is 5.03. The lowest BCUT2D eigenvalue weighted by Gasteiger charge is -2.00. The topological polar surface area (TPSA) is 69.6 Å². The molecular weight excluding hydrogens is 222 g/mol. The molecule has 0 spiro atoms. The standard InChI is InChI=1S/C10H13N5S/c11-9-3-7-15(14-9)6-2-8-16-10-12-4-1-5-13-10/h1,3-5,7H,2,6,8H2,(H2,11,14). The molecule has 0 atom stereocenters. The highest BCUT2D eigenvalue weighted by Crippen LogP contribution is 2.12. The number of hydrogen-bond acceptors (Lipinski definition) is 5. The summed E-state index contributed by atoms with van der Waals surface area (Å²) in [6.45, 7) is 0.872. The van der Waals surface area contributed by atoms with E-state index >= 15 is 0 Å². The second-order valence-corrected chi connectivity index (χ2v) is 4.30. The monoisotopic (exact) mass is 235 g/mol. The molecule has 0 amide bonds. The van der Waals surface area contributed by atoms with Crippen LogP contribution in [0.4, 0.5) is 5.82 Å². The van der Waals surface area contributed by atoms with Crippen molar-refractivity contribution in [3.63, 3.8) is 0 Å². The molecule has 0 saturated carbocycles. The first-order chi connectivity index (χ1) is 7.84. The van der Waals surface area contributed by atoms with Crippen molar-refractivity contribution < 1.29 is 0 Å². The molecule has 0 aromatic carbocycles. The van der Waals surface area contributed by atoms with E-state index in [1.54, 1.807) is 30.2 Å². The van der Waals surface area contributed by atoms with E-state index in [1.807, 2.05) is 16.9 Å². The Morgan fingerprint density at radius 2 is 2.12 bits per heavy atom.